The summed E-state index contributed by atoms with van der Waals surface area (Å²) in [5.74, 6) is 1.39. The number of halogens is 1. The highest BCUT2D eigenvalue weighted by Gasteiger charge is 2.45. The van der Waals surface area contributed by atoms with Gasteiger partial charge in [0.15, 0.2) is 17.2 Å². The van der Waals surface area contributed by atoms with Crippen molar-refractivity contribution in [3.63, 3.8) is 0 Å². The van der Waals surface area contributed by atoms with E-state index >= 15 is 0 Å². The van der Waals surface area contributed by atoms with Crippen LogP contribution in [0.3, 0.4) is 0 Å². The van der Waals surface area contributed by atoms with Gasteiger partial charge in [-0.05, 0) is 29.8 Å². The van der Waals surface area contributed by atoms with Gasteiger partial charge >= 0.3 is 0 Å². The molecule has 0 saturated carbocycles. The van der Waals surface area contributed by atoms with Crippen LogP contribution in [0.2, 0.25) is 0 Å². The first kappa shape index (κ1) is 19.7. The van der Waals surface area contributed by atoms with Gasteiger partial charge in [-0.15, -0.1) is 0 Å². The van der Waals surface area contributed by atoms with Crippen LogP contribution in [-0.2, 0) is 12.3 Å². The maximum atomic E-state index is 13.2. The predicted molar refractivity (Wildman–Crippen MR) is 107 cm³/mol. The van der Waals surface area contributed by atoms with Crippen molar-refractivity contribution in [3.8, 4) is 17.2 Å². The van der Waals surface area contributed by atoms with E-state index < -0.39 is 5.72 Å². The molecule has 0 spiro atoms. The van der Waals surface area contributed by atoms with E-state index in [-0.39, 0.29) is 5.82 Å². The van der Waals surface area contributed by atoms with E-state index in [0.29, 0.717) is 39.4 Å². The van der Waals surface area contributed by atoms with Crippen LogP contribution in [0.15, 0.2) is 36.4 Å². The molecule has 0 radical (unpaired) electrons. The summed E-state index contributed by atoms with van der Waals surface area (Å²) in [5, 5.41) is 11.5. The van der Waals surface area contributed by atoms with Gasteiger partial charge in [-0.25, -0.2) is 4.39 Å². The molecule has 5 nitrogen and oxygen atoms in total. The van der Waals surface area contributed by atoms with Crippen LogP contribution in [0.25, 0.3) is 0 Å². The first-order valence-corrected chi connectivity index (χ1v) is 9.54. The highest BCUT2D eigenvalue weighted by Crippen LogP contribution is 2.46. The second-order valence-electron chi connectivity index (χ2n) is 6.00. The van der Waals surface area contributed by atoms with Crippen molar-refractivity contribution in [3.05, 3.63) is 53.3 Å². The monoisotopic (exact) mass is 409 g/mol. The van der Waals surface area contributed by atoms with Gasteiger partial charge in [-0.1, -0.05) is 36.1 Å². The summed E-state index contributed by atoms with van der Waals surface area (Å²) in [5.41, 5.74) is 0.0572. The fourth-order valence-corrected chi connectivity index (χ4v) is 4.40. The molecule has 0 bridgehead atoms. The van der Waals surface area contributed by atoms with Crippen molar-refractivity contribution in [2.45, 2.75) is 12.3 Å². The molecule has 8 heteroatoms. The fraction of sp³-hybridized carbons (Fsp3) is 0.316. The first-order chi connectivity index (χ1) is 12.9. The van der Waals surface area contributed by atoms with Gasteiger partial charge in [0.05, 0.1) is 27.1 Å². The van der Waals surface area contributed by atoms with E-state index in [2.05, 4.69) is 0 Å². The lowest BCUT2D eigenvalue weighted by atomic mass is 10.0. The number of hydrogen-bond acceptors (Lipinski definition) is 6. The lowest BCUT2D eigenvalue weighted by Crippen LogP contribution is -2.44. The molecule has 1 fully saturated rings. The Balaban J connectivity index is 2.02. The molecule has 1 atom stereocenters. The number of thioether (sulfide) groups is 1. The molecule has 144 valence electrons. The fourth-order valence-electron chi connectivity index (χ4n) is 2.99. The summed E-state index contributed by atoms with van der Waals surface area (Å²) >= 11 is 6.84. The molecule has 0 aliphatic carbocycles. The molecular weight excluding hydrogens is 389 g/mol. The average molecular weight is 410 g/mol. The molecule has 1 aliphatic heterocycles. The Hall–Kier alpha value is -2.03. The number of thiocarbonyl (C=S) groups is 1. The number of rotatable bonds is 6. The minimum absolute atomic E-state index is 0.308. The molecule has 0 amide bonds. The molecule has 1 heterocycles. The second kappa shape index (κ2) is 7.92. The standard InChI is InChI=1S/C19H20FNO4S2/c1-23-15-8-13(9-16(24-2)17(15)25-3)19(22)11-27-18(26)21(19)10-12-4-6-14(20)7-5-12/h4-9,22H,10-11H2,1-3H3. The minimum atomic E-state index is -1.36. The molecule has 1 aliphatic rings. The van der Waals surface area contributed by atoms with Gasteiger partial charge in [-0.2, -0.15) is 0 Å². The molecule has 1 N–H and O–H groups in total. The Morgan fingerprint density at radius 2 is 1.70 bits per heavy atom. The summed E-state index contributed by atoms with van der Waals surface area (Å²) in [6.45, 7) is 0.347. The van der Waals surface area contributed by atoms with Gasteiger partial charge in [0, 0.05) is 12.1 Å². The Bertz CT molecular complexity index is 821. The van der Waals surface area contributed by atoms with E-state index in [9.17, 15) is 9.50 Å². The maximum absolute atomic E-state index is 13.2. The van der Waals surface area contributed by atoms with Crippen LogP contribution in [0.5, 0.6) is 17.2 Å². The molecule has 1 unspecified atom stereocenters. The number of benzene rings is 2. The zero-order valence-corrected chi connectivity index (χ0v) is 16.8. The molecule has 3 rings (SSSR count). The normalized spacial score (nSPS) is 19.3. The molecule has 2 aromatic carbocycles. The van der Waals surface area contributed by atoms with Crippen molar-refractivity contribution in [1.29, 1.82) is 0 Å². The SMILES string of the molecule is COc1cc(C2(O)CSC(=S)N2Cc2ccc(F)cc2)cc(OC)c1OC. The van der Waals surface area contributed by atoms with E-state index in [1.807, 2.05) is 0 Å². The topological polar surface area (TPSA) is 51.2 Å². The number of methoxy groups -OCH3 is 3. The largest absolute Gasteiger partial charge is 0.493 e. The first-order valence-electron chi connectivity index (χ1n) is 8.14. The average Bonchev–Trinajstić information content (AvgIpc) is 2.97. The van der Waals surface area contributed by atoms with Gasteiger partial charge in [0.25, 0.3) is 0 Å². The van der Waals surface area contributed by atoms with Crippen LogP contribution >= 0.6 is 24.0 Å². The lowest BCUT2D eigenvalue weighted by molar-refractivity contribution is -0.0511. The third kappa shape index (κ3) is 3.69. The number of nitrogens with zero attached hydrogens (tertiary/aromatic N) is 1. The molecule has 2 aromatic rings. The summed E-state index contributed by atoms with van der Waals surface area (Å²) in [7, 11) is 4.57. The van der Waals surface area contributed by atoms with Crippen LogP contribution in [0, 0.1) is 5.82 Å². The van der Waals surface area contributed by atoms with E-state index in [4.69, 9.17) is 26.4 Å². The lowest BCUT2D eigenvalue weighted by Gasteiger charge is -2.35. The smallest absolute Gasteiger partial charge is 0.203 e. The number of aliphatic hydroxyl groups is 1. The summed E-state index contributed by atoms with van der Waals surface area (Å²) in [6, 6.07) is 9.56. The van der Waals surface area contributed by atoms with E-state index in [0.717, 1.165) is 5.56 Å². The molecular formula is C19H20FNO4S2. The van der Waals surface area contributed by atoms with Crippen molar-refractivity contribution < 1.29 is 23.7 Å². The summed E-state index contributed by atoms with van der Waals surface area (Å²) < 4.78 is 29.9. The van der Waals surface area contributed by atoms with E-state index in [1.54, 1.807) is 29.2 Å². The Morgan fingerprint density at radius 3 is 2.22 bits per heavy atom. The molecule has 0 aromatic heterocycles. The van der Waals surface area contributed by atoms with Crippen LogP contribution < -0.4 is 14.2 Å². The van der Waals surface area contributed by atoms with Gasteiger partial charge in [-0.3, -0.25) is 0 Å². The third-order valence-electron chi connectivity index (χ3n) is 4.44. The second-order valence-corrected chi connectivity index (χ2v) is 7.61. The van der Waals surface area contributed by atoms with E-state index in [1.165, 1.54) is 45.2 Å². The third-order valence-corrected chi connectivity index (χ3v) is 6.03. The number of hydrogen-bond donors (Lipinski definition) is 1. The van der Waals surface area contributed by atoms with Crippen molar-refractivity contribution in [2.75, 3.05) is 27.1 Å². The van der Waals surface area contributed by atoms with Gasteiger partial charge < -0.3 is 24.2 Å². The number of ether oxygens (including phenoxy) is 3. The zero-order valence-electron chi connectivity index (χ0n) is 15.2. The molecule has 1 saturated heterocycles. The quantitative estimate of drug-likeness (QED) is 0.733. The Morgan fingerprint density at radius 1 is 1.11 bits per heavy atom. The van der Waals surface area contributed by atoms with Crippen LogP contribution in [0.1, 0.15) is 11.1 Å². The summed E-state index contributed by atoms with van der Waals surface area (Å²) in [4.78, 5) is 1.72. The van der Waals surface area contributed by atoms with Gasteiger partial charge in [0.2, 0.25) is 5.75 Å². The van der Waals surface area contributed by atoms with Gasteiger partial charge in [0.1, 0.15) is 10.1 Å². The zero-order chi connectivity index (χ0) is 19.6. The minimum Gasteiger partial charge on any atom is -0.493 e. The predicted octanol–water partition coefficient (Wildman–Crippen LogP) is 3.53. The highest BCUT2D eigenvalue weighted by atomic mass is 32.2. The maximum Gasteiger partial charge on any atom is 0.203 e. The van der Waals surface area contributed by atoms with Crippen LogP contribution in [-0.4, -0.2) is 41.4 Å². The summed E-state index contributed by atoms with van der Waals surface area (Å²) in [6.07, 6.45) is 0. The Labute approximate surface area is 167 Å². The van der Waals surface area contributed by atoms with Crippen LogP contribution in [0.4, 0.5) is 4.39 Å². The van der Waals surface area contributed by atoms with Crippen molar-refractivity contribution in [1.82, 2.24) is 4.90 Å². The highest BCUT2D eigenvalue weighted by molar-refractivity contribution is 8.23. The van der Waals surface area contributed by atoms with Crippen molar-refractivity contribution in [2.24, 2.45) is 0 Å². The molecule has 27 heavy (non-hydrogen) atoms. The van der Waals surface area contributed by atoms with Crippen molar-refractivity contribution >= 4 is 28.3 Å². The Kier molecular flexibility index (Phi) is 5.78.